The molecule has 0 saturated carbocycles. The van der Waals surface area contributed by atoms with Crippen LogP contribution < -0.4 is 9.64 Å². The van der Waals surface area contributed by atoms with Crippen molar-refractivity contribution in [3.8, 4) is 5.75 Å². The monoisotopic (exact) mass is 395 g/mol. The number of benzene rings is 2. The molecule has 4 rings (SSSR count). The fraction of sp³-hybridized carbons (Fsp3) is 0.227. The van der Waals surface area contributed by atoms with Crippen molar-refractivity contribution in [1.82, 2.24) is 0 Å². The summed E-state index contributed by atoms with van der Waals surface area (Å²) < 4.78 is 5.34. The van der Waals surface area contributed by atoms with E-state index in [-0.39, 0.29) is 23.7 Å². The van der Waals surface area contributed by atoms with Crippen molar-refractivity contribution in [2.75, 3.05) is 4.90 Å². The summed E-state index contributed by atoms with van der Waals surface area (Å²) in [5, 5.41) is 0.534. The highest BCUT2D eigenvalue weighted by molar-refractivity contribution is 6.30. The number of imide groups is 1. The minimum atomic E-state index is -0.509. The van der Waals surface area contributed by atoms with Crippen LogP contribution in [0.1, 0.15) is 30.1 Å². The number of halogens is 1. The number of esters is 1. The molecule has 2 atom stereocenters. The summed E-state index contributed by atoms with van der Waals surface area (Å²) in [4.78, 5) is 38.9. The highest BCUT2D eigenvalue weighted by atomic mass is 35.5. The lowest BCUT2D eigenvalue weighted by Crippen LogP contribution is -2.30. The van der Waals surface area contributed by atoms with E-state index in [0.29, 0.717) is 34.9 Å². The molecule has 1 saturated heterocycles. The Balaban J connectivity index is 1.49. The number of anilines is 1. The average molecular weight is 396 g/mol. The van der Waals surface area contributed by atoms with Crippen molar-refractivity contribution in [1.29, 1.82) is 0 Å². The first kappa shape index (κ1) is 18.4. The summed E-state index contributed by atoms with van der Waals surface area (Å²) in [7, 11) is 0. The van der Waals surface area contributed by atoms with Crippen LogP contribution in [0.15, 0.2) is 60.2 Å². The summed E-state index contributed by atoms with van der Waals surface area (Å²) in [6, 6.07) is 12.8. The third-order valence-corrected chi connectivity index (χ3v) is 5.46. The summed E-state index contributed by atoms with van der Waals surface area (Å²) in [6.45, 7) is 1.99. The minimum Gasteiger partial charge on any atom is -0.423 e. The molecule has 1 aliphatic heterocycles. The van der Waals surface area contributed by atoms with E-state index in [9.17, 15) is 14.4 Å². The van der Waals surface area contributed by atoms with E-state index < -0.39 is 5.97 Å². The molecular weight excluding hydrogens is 378 g/mol. The van der Waals surface area contributed by atoms with E-state index in [1.807, 2.05) is 13.0 Å². The number of nitrogens with zero attached hydrogens (tertiary/aromatic N) is 1. The van der Waals surface area contributed by atoms with Gasteiger partial charge in [0.15, 0.2) is 0 Å². The number of carbonyl (C=O) groups is 3. The van der Waals surface area contributed by atoms with Gasteiger partial charge in [-0.05, 0) is 68.3 Å². The summed E-state index contributed by atoms with van der Waals surface area (Å²) in [5.74, 6) is -1.06. The molecule has 0 N–H and O–H groups in total. The van der Waals surface area contributed by atoms with E-state index in [2.05, 4.69) is 0 Å². The Kier molecular flexibility index (Phi) is 4.77. The molecule has 2 aliphatic rings. The molecule has 142 valence electrons. The molecule has 0 unspecified atom stereocenters. The van der Waals surface area contributed by atoms with E-state index in [1.54, 1.807) is 48.5 Å². The second-order valence-electron chi connectivity index (χ2n) is 7.11. The second kappa shape index (κ2) is 7.24. The molecular formula is C22H18ClNO4. The maximum Gasteiger partial charge on any atom is 0.343 e. The van der Waals surface area contributed by atoms with E-state index in [0.717, 1.165) is 5.57 Å². The molecule has 5 nitrogen and oxygen atoms in total. The van der Waals surface area contributed by atoms with Crippen molar-refractivity contribution in [2.45, 2.75) is 19.8 Å². The van der Waals surface area contributed by atoms with Gasteiger partial charge in [-0.15, -0.1) is 0 Å². The third kappa shape index (κ3) is 3.34. The Hall–Kier alpha value is -2.92. The number of amides is 2. The Morgan fingerprint density at radius 2 is 1.64 bits per heavy atom. The van der Waals surface area contributed by atoms with E-state index >= 15 is 0 Å². The van der Waals surface area contributed by atoms with Gasteiger partial charge in [0, 0.05) is 5.02 Å². The standard InChI is InChI=1S/C22H18ClNO4/c1-13-2-11-18-19(12-13)21(26)24(20(18)25)16-7-9-17(10-8-16)28-22(27)14-3-5-15(23)6-4-14/h2-10,18-19H,11-12H2,1H3/t18-,19+/m0/s1. The van der Waals surface area contributed by atoms with Crippen LogP contribution in [0.25, 0.3) is 0 Å². The van der Waals surface area contributed by atoms with Gasteiger partial charge in [-0.3, -0.25) is 14.5 Å². The smallest absolute Gasteiger partial charge is 0.343 e. The molecule has 1 fully saturated rings. The first-order chi connectivity index (χ1) is 13.4. The Morgan fingerprint density at radius 3 is 2.32 bits per heavy atom. The molecule has 2 aromatic carbocycles. The van der Waals surface area contributed by atoms with Crippen LogP contribution in [0.3, 0.4) is 0 Å². The van der Waals surface area contributed by atoms with Crippen molar-refractivity contribution < 1.29 is 19.1 Å². The number of allylic oxidation sites excluding steroid dienone is 2. The van der Waals surface area contributed by atoms with Crippen molar-refractivity contribution in [3.05, 3.63) is 70.8 Å². The Bertz CT molecular complexity index is 979. The summed E-state index contributed by atoms with van der Waals surface area (Å²) in [5.41, 5.74) is 2.02. The second-order valence-corrected chi connectivity index (χ2v) is 7.54. The molecule has 2 amide bonds. The first-order valence-electron chi connectivity index (χ1n) is 9.05. The number of rotatable bonds is 3. The van der Waals surface area contributed by atoms with Gasteiger partial charge in [0.05, 0.1) is 23.1 Å². The molecule has 0 spiro atoms. The molecule has 2 aromatic rings. The molecule has 0 aromatic heterocycles. The van der Waals surface area contributed by atoms with Gasteiger partial charge < -0.3 is 4.74 Å². The number of hydrogen-bond donors (Lipinski definition) is 0. The molecule has 28 heavy (non-hydrogen) atoms. The van der Waals surface area contributed by atoms with Crippen LogP contribution >= 0.6 is 11.6 Å². The highest BCUT2D eigenvalue weighted by Gasteiger charge is 2.48. The maximum absolute atomic E-state index is 12.8. The van der Waals surface area contributed by atoms with Gasteiger partial charge in [0.1, 0.15) is 5.75 Å². The zero-order valence-corrected chi connectivity index (χ0v) is 16.0. The summed E-state index contributed by atoms with van der Waals surface area (Å²) >= 11 is 5.82. The van der Waals surface area contributed by atoms with Crippen LogP contribution in [0.5, 0.6) is 5.75 Å². The number of hydrogen-bond acceptors (Lipinski definition) is 4. The van der Waals surface area contributed by atoms with E-state index in [1.165, 1.54) is 4.90 Å². The molecule has 1 aliphatic carbocycles. The van der Waals surface area contributed by atoms with Crippen LogP contribution in [0.2, 0.25) is 5.02 Å². The fourth-order valence-corrected chi connectivity index (χ4v) is 3.83. The van der Waals surface area contributed by atoms with Crippen LogP contribution in [0, 0.1) is 11.8 Å². The van der Waals surface area contributed by atoms with Gasteiger partial charge >= 0.3 is 5.97 Å². The zero-order chi connectivity index (χ0) is 19.8. The van der Waals surface area contributed by atoms with Gasteiger partial charge in [0.2, 0.25) is 11.8 Å². The fourth-order valence-electron chi connectivity index (χ4n) is 3.71. The third-order valence-electron chi connectivity index (χ3n) is 5.21. The lowest BCUT2D eigenvalue weighted by atomic mass is 9.82. The number of carbonyl (C=O) groups excluding carboxylic acids is 3. The molecule has 0 bridgehead atoms. The SMILES string of the molecule is CC1=CC[C@@H]2C(=O)N(c3ccc(OC(=O)c4ccc(Cl)cc4)cc3)C(=O)[C@@H]2C1. The van der Waals surface area contributed by atoms with Gasteiger partial charge in [-0.1, -0.05) is 23.3 Å². The molecule has 6 heteroatoms. The van der Waals surface area contributed by atoms with Gasteiger partial charge in [0.25, 0.3) is 0 Å². The Morgan fingerprint density at radius 1 is 1.00 bits per heavy atom. The largest absolute Gasteiger partial charge is 0.423 e. The predicted molar refractivity (Wildman–Crippen MR) is 105 cm³/mol. The average Bonchev–Trinajstić information content (AvgIpc) is 2.93. The van der Waals surface area contributed by atoms with Gasteiger partial charge in [-0.2, -0.15) is 0 Å². The van der Waals surface area contributed by atoms with Crippen molar-refractivity contribution in [3.63, 3.8) is 0 Å². The Labute approximate surface area is 167 Å². The van der Waals surface area contributed by atoms with Crippen LogP contribution in [-0.4, -0.2) is 17.8 Å². The van der Waals surface area contributed by atoms with Crippen LogP contribution in [0.4, 0.5) is 5.69 Å². The molecule has 0 radical (unpaired) electrons. The quantitative estimate of drug-likeness (QED) is 0.334. The maximum atomic E-state index is 12.8. The first-order valence-corrected chi connectivity index (χ1v) is 9.43. The summed E-state index contributed by atoms with van der Waals surface area (Å²) in [6.07, 6.45) is 3.27. The van der Waals surface area contributed by atoms with Crippen molar-refractivity contribution >= 4 is 35.1 Å². The number of fused-ring (bicyclic) bond motifs is 1. The lowest BCUT2D eigenvalue weighted by molar-refractivity contribution is -0.122. The topological polar surface area (TPSA) is 63.7 Å². The normalized spacial score (nSPS) is 21.4. The predicted octanol–water partition coefficient (Wildman–Crippen LogP) is 4.40. The number of ether oxygens (including phenoxy) is 1. The van der Waals surface area contributed by atoms with Crippen molar-refractivity contribution in [2.24, 2.45) is 11.8 Å². The highest BCUT2D eigenvalue weighted by Crippen LogP contribution is 2.40. The molecule has 1 heterocycles. The van der Waals surface area contributed by atoms with Crippen LogP contribution in [-0.2, 0) is 9.59 Å². The van der Waals surface area contributed by atoms with Gasteiger partial charge in [-0.25, -0.2) is 4.79 Å². The lowest BCUT2D eigenvalue weighted by Gasteiger charge is -2.18. The minimum absolute atomic E-state index is 0.159. The van der Waals surface area contributed by atoms with E-state index in [4.69, 9.17) is 16.3 Å². The zero-order valence-electron chi connectivity index (χ0n) is 15.2.